The molecule has 0 bridgehead atoms. The SMILES string of the molecule is O=C(NCc1ccc(F)cc1)[C@H]1CC(=O)N(c2cccc(C(F)(F)F)c2)C1. The van der Waals surface area contributed by atoms with Crippen molar-refractivity contribution in [1.29, 1.82) is 0 Å². The van der Waals surface area contributed by atoms with E-state index in [1.807, 2.05) is 0 Å². The Morgan fingerprint density at radius 2 is 1.85 bits per heavy atom. The molecule has 2 amide bonds. The van der Waals surface area contributed by atoms with Crippen LogP contribution in [0.15, 0.2) is 48.5 Å². The molecule has 1 N–H and O–H groups in total. The number of hydrogen-bond acceptors (Lipinski definition) is 2. The highest BCUT2D eigenvalue weighted by molar-refractivity contribution is 6.00. The van der Waals surface area contributed by atoms with Crippen LogP contribution in [-0.2, 0) is 22.3 Å². The number of nitrogens with one attached hydrogen (secondary N) is 1. The summed E-state index contributed by atoms with van der Waals surface area (Å²) < 4.78 is 51.4. The number of carbonyl (C=O) groups is 2. The quantitative estimate of drug-likeness (QED) is 0.826. The first-order valence-electron chi connectivity index (χ1n) is 8.24. The van der Waals surface area contributed by atoms with Gasteiger partial charge in [0.05, 0.1) is 11.5 Å². The molecule has 1 aliphatic heterocycles. The van der Waals surface area contributed by atoms with Gasteiger partial charge in [0, 0.05) is 25.2 Å². The summed E-state index contributed by atoms with van der Waals surface area (Å²) in [5.41, 5.74) is -0.0375. The van der Waals surface area contributed by atoms with Gasteiger partial charge in [-0.1, -0.05) is 18.2 Å². The van der Waals surface area contributed by atoms with E-state index in [-0.39, 0.29) is 36.9 Å². The number of anilines is 1. The van der Waals surface area contributed by atoms with Crippen molar-refractivity contribution in [3.63, 3.8) is 0 Å². The predicted octanol–water partition coefficient (Wildman–Crippen LogP) is 3.51. The van der Waals surface area contributed by atoms with E-state index in [1.165, 1.54) is 41.3 Å². The lowest BCUT2D eigenvalue weighted by molar-refractivity contribution is -0.137. The first-order chi connectivity index (χ1) is 12.7. The largest absolute Gasteiger partial charge is 0.416 e. The Labute approximate surface area is 152 Å². The molecule has 0 aliphatic carbocycles. The van der Waals surface area contributed by atoms with Gasteiger partial charge in [-0.05, 0) is 35.9 Å². The fraction of sp³-hybridized carbons (Fsp3) is 0.263. The lowest BCUT2D eigenvalue weighted by Crippen LogP contribution is -2.32. The van der Waals surface area contributed by atoms with Gasteiger partial charge in [-0.2, -0.15) is 13.2 Å². The van der Waals surface area contributed by atoms with E-state index in [9.17, 15) is 27.2 Å². The van der Waals surface area contributed by atoms with Gasteiger partial charge in [-0.3, -0.25) is 9.59 Å². The number of hydrogen-bond donors (Lipinski definition) is 1. The Hall–Kier alpha value is -2.90. The van der Waals surface area contributed by atoms with Crippen LogP contribution in [0.2, 0.25) is 0 Å². The van der Waals surface area contributed by atoms with Crippen LogP contribution in [0, 0.1) is 11.7 Å². The van der Waals surface area contributed by atoms with Crippen molar-refractivity contribution in [2.75, 3.05) is 11.4 Å². The molecular weight excluding hydrogens is 364 g/mol. The van der Waals surface area contributed by atoms with Crippen LogP contribution in [0.4, 0.5) is 23.2 Å². The van der Waals surface area contributed by atoms with Gasteiger partial charge in [0.2, 0.25) is 11.8 Å². The minimum atomic E-state index is -4.51. The van der Waals surface area contributed by atoms with E-state index in [0.29, 0.717) is 5.56 Å². The molecule has 8 heteroatoms. The second-order valence-corrected chi connectivity index (χ2v) is 6.30. The molecule has 0 radical (unpaired) electrons. The van der Waals surface area contributed by atoms with E-state index in [2.05, 4.69) is 5.32 Å². The summed E-state index contributed by atoms with van der Waals surface area (Å²) in [7, 11) is 0. The maximum Gasteiger partial charge on any atom is 0.416 e. The van der Waals surface area contributed by atoms with Gasteiger partial charge in [0.15, 0.2) is 0 Å². The van der Waals surface area contributed by atoms with Crippen molar-refractivity contribution in [3.8, 4) is 0 Å². The van der Waals surface area contributed by atoms with Crippen LogP contribution in [-0.4, -0.2) is 18.4 Å². The molecule has 1 saturated heterocycles. The Bertz CT molecular complexity index is 850. The zero-order valence-electron chi connectivity index (χ0n) is 14.1. The van der Waals surface area contributed by atoms with Crippen LogP contribution < -0.4 is 10.2 Å². The summed E-state index contributed by atoms with van der Waals surface area (Å²) in [6, 6.07) is 10.1. The molecule has 0 unspecified atom stereocenters. The van der Waals surface area contributed by atoms with Crippen LogP contribution in [0.1, 0.15) is 17.5 Å². The smallest absolute Gasteiger partial charge is 0.352 e. The summed E-state index contributed by atoms with van der Waals surface area (Å²) in [6.45, 7) is 0.183. The van der Waals surface area contributed by atoms with E-state index in [0.717, 1.165) is 12.1 Å². The number of amides is 2. The highest BCUT2D eigenvalue weighted by atomic mass is 19.4. The third kappa shape index (κ3) is 4.45. The van der Waals surface area contributed by atoms with Crippen LogP contribution >= 0.6 is 0 Å². The molecule has 1 aliphatic rings. The number of nitrogens with zero attached hydrogens (tertiary/aromatic N) is 1. The van der Waals surface area contributed by atoms with Crippen molar-refractivity contribution in [2.24, 2.45) is 5.92 Å². The molecule has 2 aromatic rings. The zero-order chi connectivity index (χ0) is 19.6. The molecule has 4 nitrogen and oxygen atoms in total. The molecule has 142 valence electrons. The topological polar surface area (TPSA) is 49.4 Å². The van der Waals surface area contributed by atoms with Crippen molar-refractivity contribution < 1.29 is 27.2 Å². The minimum Gasteiger partial charge on any atom is -0.352 e. The van der Waals surface area contributed by atoms with E-state index in [4.69, 9.17) is 0 Å². The van der Waals surface area contributed by atoms with Gasteiger partial charge >= 0.3 is 6.18 Å². The summed E-state index contributed by atoms with van der Waals surface area (Å²) in [6.07, 6.45) is -4.59. The minimum absolute atomic E-state index is 0.00932. The monoisotopic (exact) mass is 380 g/mol. The van der Waals surface area contributed by atoms with Gasteiger partial charge in [0.1, 0.15) is 5.82 Å². The maximum absolute atomic E-state index is 12.9. The van der Waals surface area contributed by atoms with Crippen LogP contribution in [0.5, 0.6) is 0 Å². The molecule has 1 atom stereocenters. The molecule has 1 fully saturated rings. The fourth-order valence-corrected chi connectivity index (χ4v) is 2.92. The summed E-state index contributed by atoms with van der Waals surface area (Å²) >= 11 is 0. The molecule has 0 saturated carbocycles. The lowest BCUT2D eigenvalue weighted by atomic mass is 10.1. The second-order valence-electron chi connectivity index (χ2n) is 6.30. The fourth-order valence-electron chi connectivity index (χ4n) is 2.92. The zero-order valence-corrected chi connectivity index (χ0v) is 14.1. The molecular formula is C19H16F4N2O2. The van der Waals surface area contributed by atoms with Gasteiger partial charge < -0.3 is 10.2 Å². The molecule has 0 spiro atoms. The summed E-state index contributed by atoms with van der Waals surface area (Å²) in [4.78, 5) is 25.7. The predicted molar refractivity (Wildman–Crippen MR) is 90.2 cm³/mol. The second kappa shape index (κ2) is 7.38. The number of rotatable bonds is 4. The van der Waals surface area contributed by atoms with Gasteiger partial charge in [-0.25, -0.2) is 4.39 Å². The highest BCUT2D eigenvalue weighted by Gasteiger charge is 2.36. The van der Waals surface area contributed by atoms with Crippen LogP contribution in [0.25, 0.3) is 0 Å². The number of carbonyl (C=O) groups excluding carboxylic acids is 2. The van der Waals surface area contributed by atoms with E-state index >= 15 is 0 Å². The first kappa shape index (κ1) is 18.9. The third-order valence-electron chi connectivity index (χ3n) is 4.36. The molecule has 1 heterocycles. The Morgan fingerprint density at radius 1 is 1.15 bits per heavy atom. The van der Waals surface area contributed by atoms with Gasteiger partial charge in [-0.15, -0.1) is 0 Å². The van der Waals surface area contributed by atoms with Crippen LogP contribution in [0.3, 0.4) is 0 Å². The molecule has 27 heavy (non-hydrogen) atoms. The standard InChI is InChI=1S/C19H16F4N2O2/c20-15-6-4-12(5-7-15)10-24-18(27)13-8-17(26)25(11-13)16-3-1-2-14(9-16)19(21,22)23/h1-7,9,13H,8,10-11H2,(H,24,27)/t13-/m0/s1. The van der Waals surface area contributed by atoms with E-state index in [1.54, 1.807) is 0 Å². The lowest BCUT2D eigenvalue weighted by Gasteiger charge is -2.18. The number of alkyl halides is 3. The first-order valence-corrected chi connectivity index (χ1v) is 8.24. The van der Waals surface area contributed by atoms with Crippen molar-refractivity contribution >= 4 is 17.5 Å². The maximum atomic E-state index is 12.9. The molecule has 2 aromatic carbocycles. The Morgan fingerprint density at radius 3 is 2.52 bits per heavy atom. The average molecular weight is 380 g/mol. The third-order valence-corrected chi connectivity index (χ3v) is 4.36. The average Bonchev–Trinajstić information content (AvgIpc) is 3.02. The van der Waals surface area contributed by atoms with Crippen molar-refractivity contribution in [2.45, 2.75) is 19.1 Å². The summed E-state index contributed by atoms with van der Waals surface area (Å²) in [5.74, 6) is -1.82. The Kier molecular flexibility index (Phi) is 5.16. The molecule has 3 rings (SSSR count). The van der Waals surface area contributed by atoms with Crippen molar-refractivity contribution in [1.82, 2.24) is 5.32 Å². The van der Waals surface area contributed by atoms with Crippen molar-refractivity contribution in [3.05, 3.63) is 65.5 Å². The van der Waals surface area contributed by atoms with Gasteiger partial charge in [0.25, 0.3) is 0 Å². The number of benzene rings is 2. The Balaban J connectivity index is 1.64. The number of halogens is 4. The highest BCUT2D eigenvalue weighted by Crippen LogP contribution is 2.33. The van der Waals surface area contributed by atoms with E-state index < -0.39 is 23.6 Å². The molecule has 0 aromatic heterocycles. The normalized spacial score (nSPS) is 17.3. The summed E-state index contributed by atoms with van der Waals surface area (Å²) in [5, 5.41) is 2.67.